The van der Waals surface area contributed by atoms with Crippen molar-refractivity contribution in [2.45, 2.75) is 71.8 Å². The highest BCUT2D eigenvalue weighted by molar-refractivity contribution is 5.77. The van der Waals surface area contributed by atoms with Crippen molar-refractivity contribution in [3.05, 3.63) is 0 Å². The molecule has 0 amide bonds. The second kappa shape index (κ2) is 8.68. The summed E-state index contributed by atoms with van der Waals surface area (Å²) >= 11 is 0. The van der Waals surface area contributed by atoms with Crippen LogP contribution in [0.2, 0.25) is 0 Å². The number of rotatable bonds is 11. The Kier molecular flexibility index (Phi) is 8.19. The van der Waals surface area contributed by atoms with Gasteiger partial charge >= 0.3 is 71.4 Å². The Balaban J connectivity index is 7.16. The molecule has 0 fully saturated rings. The Hall–Kier alpha value is -2.14. The largest absolute Gasteiger partial charge is 0.477 e. The summed E-state index contributed by atoms with van der Waals surface area (Å²) in [5.41, 5.74) is 0. The Bertz CT molecular complexity index is 895. The first-order valence-corrected chi connectivity index (χ1v) is 7.98. The van der Waals surface area contributed by atoms with Crippen molar-refractivity contribution in [3.63, 3.8) is 0 Å². The number of carboxylic acid groups (broad SMARTS) is 1. The van der Waals surface area contributed by atoms with E-state index in [0.717, 1.165) is 0 Å². The van der Waals surface area contributed by atoms with Crippen LogP contribution in [0.3, 0.4) is 0 Å². The molecule has 0 aliphatic carbocycles. The maximum Gasteiger partial charge on any atom is 0.410 e. The van der Waals surface area contributed by atoms with Crippen LogP contribution in [0.5, 0.6) is 0 Å². The van der Waals surface area contributed by atoms with Gasteiger partial charge in [0.05, 0.1) is 0 Å². The van der Waals surface area contributed by atoms with Crippen molar-refractivity contribution in [2.75, 3.05) is 0 Å². The van der Waals surface area contributed by atoms with Gasteiger partial charge in [-0.2, -0.15) is 101 Å². The van der Waals surface area contributed by atoms with Crippen LogP contribution in [0.25, 0.3) is 0 Å². The molecule has 1 N–H and O–H groups in total. The summed E-state index contributed by atoms with van der Waals surface area (Å²) in [6, 6.07) is 0. The van der Waals surface area contributed by atoms with E-state index in [1.54, 1.807) is 0 Å². The molecule has 228 valence electrons. The average molecular weight is 628 g/mol. The first-order valence-electron chi connectivity index (χ1n) is 7.98. The molecular formula is C13H3F23O2. The lowest BCUT2D eigenvalue weighted by atomic mass is 9.85. The lowest BCUT2D eigenvalue weighted by Crippen LogP contribution is -2.77. The summed E-state index contributed by atoms with van der Waals surface area (Å²) in [5, 5.41) is 7.65. The van der Waals surface area contributed by atoms with Gasteiger partial charge in [-0.1, -0.05) is 0 Å². The molecule has 0 bridgehead atoms. The summed E-state index contributed by atoms with van der Waals surface area (Å²) < 4.78 is 300. The first kappa shape index (κ1) is 35.9. The molecule has 0 unspecified atom stereocenters. The minimum atomic E-state index is -9.41. The molecular weight excluding hydrogens is 625 g/mol. The zero-order chi connectivity index (χ0) is 31.8. The lowest BCUT2D eigenvalue weighted by Gasteiger charge is -2.44. The van der Waals surface area contributed by atoms with Crippen molar-refractivity contribution in [1.29, 1.82) is 0 Å². The number of alkyl halides is 23. The fourth-order valence-corrected chi connectivity index (χ4v) is 2.11. The second-order valence-corrected chi connectivity index (χ2v) is 6.97. The van der Waals surface area contributed by atoms with Crippen molar-refractivity contribution < 1.29 is 111 Å². The van der Waals surface area contributed by atoms with Crippen molar-refractivity contribution in [1.82, 2.24) is 0 Å². The van der Waals surface area contributed by atoms with Crippen molar-refractivity contribution in [3.8, 4) is 0 Å². The van der Waals surface area contributed by atoms with E-state index in [1.807, 2.05) is 0 Å². The van der Waals surface area contributed by atoms with E-state index in [2.05, 4.69) is 0 Å². The SMILES string of the molecule is O=C(O)C(F)(F)C(F)(F)C(F)(F)C(F)(F)C(F)(F)C(F)(F)C(F)(F)C(F)(F)C(F)(F)C(F)(F)CC(F)(F)F. The fraction of sp³-hybridized carbons (Fsp3) is 0.923. The van der Waals surface area contributed by atoms with E-state index >= 15 is 0 Å². The normalized spacial score (nSPS) is 16.6. The molecule has 0 aromatic heterocycles. The molecule has 0 aliphatic heterocycles. The lowest BCUT2D eigenvalue weighted by molar-refractivity contribution is -0.469. The highest BCUT2D eigenvalue weighted by Crippen LogP contribution is 2.66. The van der Waals surface area contributed by atoms with Crippen LogP contribution >= 0.6 is 0 Å². The minimum Gasteiger partial charge on any atom is -0.477 e. The van der Waals surface area contributed by atoms with Crippen molar-refractivity contribution in [2.24, 2.45) is 0 Å². The molecule has 38 heavy (non-hydrogen) atoms. The van der Waals surface area contributed by atoms with Gasteiger partial charge in [-0.05, 0) is 0 Å². The van der Waals surface area contributed by atoms with E-state index in [9.17, 15) is 106 Å². The van der Waals surface area contributed by atoms with Crippen LogP contribution in [-0.4, -0.2) is 76.5 Å². The Morgan fingerprint density at radius 3 is 0.816 bits per heavy atom. The van der Waals surface area contributed by atoms with Crippen LogP contribution < -0.4 is 0 Å². The number of hydrogen-bond acceptors (Lipinski definition) is 1. The third kappa shape index (κ3) is 4.43. The van der Waals surface area contributed by atoms with Gasteiger partial charge in [-0.3, -0.25) is 0 Å². The van der Waals surface area contributed by atoms with Gasteiger partial charge < -0.3 is 5.11 Å². The van der Waals surface area contributed by atoms with Crippen LogP contribution in [0.1, 0.15) is 6.42 Å². The number of aliphatic carboxylic acids is 1. The summed E-state index contributed by atoms with van der Waals surface area (Å²) in [6.45, 7) is 0. The summed E-state index contributed by atoms with van der Waals surface area (Å²) in [6.07, 6.45) is -11.4. The van der Waals surface area contributed by atoms with E-state index in [0.29, 0.717) is 0 Å². The van der Waals surface area contributed by atoms with E-state index in [-0.39, 0.29) is 0 Å². The van der Waals surface area contributed by atoms with Crippen LogP contribution in [0.4, 0.5) is 101 Å². The zero-order valence-corrected chi connectivity index (χ0v) is 16.3. The van der Waals surface area contributed by atoms with Crippen LogP contribution in [-0.2, 0) is 4.79 Å². The molecule has 0 heterocycles. The summed E-state index contributed by atoms with van der Waals surface area (Å²) in [4.78, 5) is 9.88. The standard InChI is InChI=1S/C13H3F23O2/c14-3(15,1-4(16,17)18)6(21,22)8(25,26)10(29,30)12(33,34)13(35,36)11(31,32)9(27,28)7(23,24)5(19,20)2(37)38/h1H2,(H,37,38). The smallest absolute Gasteiger partial charge is 0.410 e. The van der Waals surface area contributed by atoms with Gasteiger partial charge in [0.15, 0.2) is 0 Å². The summed E-state index contributed by atoms with van der Waals surface area (Å²) in [7, 11) is 0. The zero-order valence-electron chi connectivity index (χ0n) is 16.3. The quantitative estimate of drug-likeness (QED) is 0.243. The van der Waals surface area contributed by atoms with E-state index < -0.39 is 77.8 Å². The maximum atomic E-state index is 13.5. The molecule has 0 aromatic rings. The van der Waals surface area contributed by atoms with Crippen LogP contribution in [0, 0.1) is 0 Å². The third-order valence-electron chi connectivity index (χ3n) is 4.31. The molecule has 0 atom stereocenters. The van der Waals surface area contributed by atoms with Gasteiger partial charge in [0.2, 0.25) is 0 Å². The molecule has 0 aliphatic rings. The predicted octanol–water partition coefficient (Wildman–Crippen LogP) is 7.38. The van der Waals surface area contributed by atoms with Gasteiger partial charge in [-0.25, -0.2) is 4.79 Å². The molecule has 2 nitrogen and oxygen atoms in total. The monoisotopic (exact) mass is 628 g/mol. The first-order chi connectivity index (χ1) is 15.9. The Morgan fingerprint density at radius 1 is 0.395 bits per heavy atom. The highest BCUT2D eigenvalue weighted by Gasteiger charge is 2.98. The maximum absolute atomic E-state index is 13.5. The number of carboxylic acids is 1. The Morgan fingerprint density at radius 2 is 0.605 bits per heavy atom. The number of carbonyl (C=O) groups is 1. The molecule has 0 aromatic carbocycles. The number of hydrogen-bond donors (Lipinski definition) is 1. The van der Waals surface area contributed by atoms with Crippen LogP contribution in [0.15, 0.2) is 0 Å². The molecule has 0 spiro atoms. The highest BCUT2D eigenvalue weighted by atomic mass is 19.4. The van der Waals surface area contributed by atoms with E-state index in [4.69, 9.17) is 5.11 Å². The Labute approximate surface area is 190 Å². The van der Waals surface area contributed by atoms with Crippen molar-refractivity contribution >= 4 is 5.97 Å². The number of halogens is 23. The van der Waals surface area contributed by atoms with Gasteiger partial charge in [0.25, 0.3) is 0 Å². The molecule has 0 rings (SSSR count). The van der Waals surface area contributed by atoms with Gasteiger partial charge in [-0.15, -0.1) is 0 Å². The predicted molar refractivity (Wildman–Crippen MR) is 67.8 cm³/mol. The van der Waals surface area contributed by atoms with Gasteiger partial charge in [0.1, 0.15) is 6.42 Å². The fourth-order valence-electron chi connectivity index (χ4n) is 2.11. The minimum absolute atomic E-state index is 4.60. The molecule has 0 saturated carbocycles. The average Bonchev–Trinajstić information content (AvgIpc) is 2.64. The molecule has 0 radical (unpaired) electrons. The third-order valence-corrected chi connectivity index (χ3v) is 4.31. The topological polar surface area (TPSA) is 37.3 Å². The summed E-state index contributed by atoms with van der Waals surface area (Å²) in [5.74, 6) is -92.5. The second-order valence-electron chi connectivity index (χ2n) is 6.97. The molecule has 25 heteroatoms. The van der Waals surface area contributed by atoms with E-state index in [1.165, 1.54) is 0 Å². The molecule has 0 saturated heterocycles. The van der Waals surface area contributed by atoms with Gasteiger partial charge in [0, 0.05) is 0 Å².